The molecule has 162 valence electrons. The van der Waals surface area contributed by atoms with E-state index in [1.54, 1.807) is 29.4 Å². The third kappa shape index (κ3) is 6.04. The minimum Gasteiger partial charge on any atom is -0.489 e. The monoisotopic (exact) mass is 502 g/mol. The molecule has 4 aromatic rings. The van der Waals surface area contributed by atoms with Crippen LogP contribution in [0.4, 0.5) is 0 Å². The number of thioether (sulfide) groups is 1. The smallest absolute Gasteiger partial charge is 0.212 e. The normalized spacial score (nSPS) is 11.2. The van der Waals surface area contributed by atoms with Gasteiger partial charge in [0.05, 0.1) is 6.21 Å². The van der Waals surface area contributed by atoms with E-state index in [0.717, 1.165) is 27.5 Å². The van der Waals surface area contributed by atoms with Crippen LogP contribution in [0.25, 0.3) is 0 Å². The Morgan fingerprint density at radius 3 is 2.53 bits per heavy atom. The van der Waals surface area contributed by atoms with E-state index in [1.807, 2.05) is 54.6 Å². The number of nitrogens with zero attached hydrogens (tertiary/aromatic N) is 4. The van der Waals surface area contributed by atoms with Crippen molar-refractivity contribution < 1.29 is 4.74 Å². The van der Waals surface area contributed by atoms with Gasteiger partial charge in [-0.05, 0) is 53.6 Å². The Hall–Kier alpha value is -2.51. The topological polar surface area (TPSA) is 52.3 Å². The van der Waals surface area contributed by atoms with Crippen molar-refractivity contribution in [2.45, 2.75) is 17.5 Å². The average molecular weight is 504 g/mol. The Balaban J connectivity index is 1.35. The van der Waals surface area contributed by atoms with Gasteiger partial charge >= 0.3 is 0 Å². The Labute approximate surface area is 205 Å². The van der Waals surface area contributed by atoms with Crippen molar-refractivity contribution in [3.63, 3.8) is 0 Å². The average Bonchev–Trinajstić information content (AvgIpc) is 3.25. The first-order chi connectivity index (χ1) is 15.6. The number of rotatable bonds is 8. The molecule has 5 nitrogen and oxygen atoms in total. The van der Waals surface area contributed by atoms with Crippen molar-refractivity contribution in [3.8, 4) is 5.75 Å². The van der Waals surface area contributed by atoms with Crippen LogP contribution in [0.15, 0.2) is 83.3 Å². The summed E-state index contributed by atoms with van der Waals surface area (Å²) in [6.45, 7) is 0.357. The quantitative estimate of drug-likeness (QED) is 0.192. The van der Waals surface area contributed by atoms with Crippen LogP contribution in [0, 0.1) is 0 Å². The first kappa shape index (κ1) is 22.7. The molecule has 0 aliphatic carbocycles. The molecule has 1 aromatic heterocycles. The van der Waals surface area contributed by atoms with E-state index in [0.29, 0.717) is 27.6 Å². The summed E-state index contributed by atoms with van der Waals surface area (Å²) in [5.74, 6) is 1.41. The summed E-state index contributed by atoms with van der Waals surface area (Å²) in [6, 6.07) is 20.7. The van der Waals surface area contributed by atoms with Crippen LogP contribution < -0.4 is 4.74 Å². The highest BCUT2D eigenvalue weighted by Crippen LogP contribution is 2.25. The zero-order chi connectivity index (χ0) is 22.3. The van der Waals surface area contributed by atoms with E-state index < -0.39 is 0 Å². The van der Waals surface area contributed by atoms with E-state index in [-0.39, 0.29) is 0 Å². The fourth-order valence-corrected chi connectivity index (χ4v) is 4.34. The second-order valence-corrected chi connectivity index (χ2v) is 8.87. The fraction of sp³-hybridized carbons (Fsp3) is 0.0870. The van der Waals surface area contributed by atoms with Crippen LogP contribution in [-0.4, -0.2) is 21.1 Å². The lowest BCUT2D eigenvalue weighted by Crippen LogP contribution is -1.97. The number of halogens is 3. The van der Waals surface area contributed by atoms with E-state index >= 15 is 0 Å². The standard InChI is InChI=1S/C23H17Cl3N4OS/c24-19-8-7-17(22(26)11-19)13-31-20-9-5-16(6-10-20)12-28-30-15-27-29-23(30)32-14-18-3-1-2-4-21(18)25/h1-12,15H,13-14H2/b28-12+. The van der Waals surface area contributed by atoms with Crippen LogP contribution in [0.5, 0.6) is 5.75 Å². The molecule has 0 bridgehead atoms. The third-order valence-corrected chi connectivity index (χ3v) is 6.37. The second-order valence-electron chi connectivity index (χ2n) is 6.68. The molecule has 1 heterocycles. The predicted octanol–water partition coefficient (Wildman–Crippen LogP) is 6.99. The third-order valence-electron chi connectivity index (χ3n) is 4.44. The Kier molecular flexibility index (Phi) is 7.71. The maximum Gasteiger partial charge on any atom is 0.212 e. The van der Waals surface area contributed by atoms with Crippen LogP contribution in [-0.2, 0) is 12.4 Å². The Morgan fingerprint density at radius 2 is 1.75 bits per heavy atom. The van der Waals surface area contributed by atoms with Crippen molar-refractivity contribution >= 4 is 52.8 Å². The summed E-state index contributed by atoms with van der Waals surface area (Å²) in [7, 11) is 0. The number of ether oxygens (including phenoxy) is 1. The molecule has 0 spiro atoms. The zero-order valence-electron chi connectivity index (χ0n) is 16.7. The molecule has 0 N–H and O–H groups in total. The predicted molar refractivity (Wildman–Crippen MR) is 131 cm³/mol. The van der Waals surface area contributed by atoms with Crippen molar-refractivity contribution in [1.82, 2.24) is 14.9 Å². The van der Waals surface area contributed by atoms with Gasteiger partial charge in [0.25, 0.3) is 0 Å². The van der Waals surface area contributed by atoms with Gasteiger partial charge in [-0.1, -0.05) is 70.8 Å². The summed E-state index contributed by atoms with van der Waals surface area (Å²) in [6.07, 6.45) is 3.31. The molecule has 0 fully saturated rings. The molecule has 0 aliphatic heterocycles. The van der Waals surface area contributed by atoms with Crippen molar-refractivity contribution in [2.24, 2.45) is 5.10 Å². The molecule has 4 rings (SSSR count). The van der Waals surface area contributed by atoms with E-state index in [1.165, 1.54) is 11.8 Å². The molecular formula is C23H17Cl3N4OS. The van der Waals surface area contributed by atoms with Crippen molar-refractivity contribution in [2.75, 3.05) is 0 Å². The van der Waals surface area contributed by atoms with Crippen molar-refractivity contribution in [3.05, 3.63) is 105 Å². The molecule has 0 unspecified atom stereocenters. The SMILES string of the molecule is Clc1ccc(COc2ccc(/C=N/n3cnnc3SCc3ccccc3Cl)cc2)c(Cl)c1. The number of benzene rings is 3. The van der Waals surface area contributed by atoms with Crippen LogP contribution >= 0.6 is 46.6 Å². The highest BCUT2D eigenvalue weighted by atomic mass is 35.5. The van der Waals surface area contributed by atoms with E-state index in [9.17, 15) is 0 Å². The number of hydrogen-bond acceptors (Lipinski definition) is 5. The van der Waals surface area contributed by atoms with Gasteiger partial charge in [0.15, 0.2) is 0 Å². The van der Waals surface area contributed by atoms with Gasteiger partial charge in [0.2, 0.25) is 5.16 Å². The number of aromatic nitrogens is 3. The lowest BCUT2D eigenvalue weighted by molar-refractivity contribution is 0.306. The zero-order valence-corrected chi connectivity index (χ0v) is 19.7. The minimum absolute atomic E-state index is 0.357. The molecular weight excluding hydrogens is 487 g/mol. The lowest BCUT2D eigenvalue weighted by atomic mass is 10.2. The molecule has 9 heteroatoms. The van der Waals surface area contributed by atoms with Gasteiger partial charge in [-0.3, -0.25) is 0 Å². The van der Waals surface area contributed by atoms with E-state index in [2.05, 4.69) is 15.3 Å². The summed E-state index contributed by atoms with van der Waals surface area (Å²) in [4.78, 5) is 0. The summed E-state index contributed by atoms with van der Waals surface area (Å²) < 4.78 is 7.44. The maximum atomic E-state index is 6.22. The minimum atomic E-state index is 0.357. The summed E-state index contributed by atoms with van der Waals surface area (Å²) in [5.41, 5.74) is 2.82. The van der Waals surface area contributed by atoms with Gasteiger partial charge in [0.1, 0.15) is 18.7 Å². The molecule has 32 heavy (non-hydrogen) atoms. The first-order valence-electron chi connectivity index (χ1n) is 9.56. The molecule has 0 radical (unpaired) electrons. The van der Waals surface area contributed by atoms with Gasteiger partial charge in [-0.15, -0.1) is 10.2 Å². The van der Waals surface area contributed by atoms with Gasteiger partial charge < -0.3 is 4.74 Å². The highest BCUT2D eigenvalue weighted by molar-refractivity contribution is 7.98. The Morgan fingerprint density at radius 1 is 0.938 bits per heavy atom. The second kappa shape index (κ2) is 10.9. The van der Waals surface area contributed by atoms with Crippen LogP contribution in [0.3, 0.4) is 0 Å². The van der Waals surface area contributed by atoms with E-state index in [4.69, 9.17) is 39.5 Å². The molecule has 0 amide bonds. The largest absolute Gasteiger partial charge is 0.489 e. The molecule has 3 aromatic carbocycles. The molecule has 0 aliphatic rings. The van der Waals surface area contributed by atoms with Gasteiger partial charge in [0, 0.05) is 26.4 Å². The van der Waals surface area contributed by atoms with Crippen LogP contribution in [0.2, 0.25) is 15.1 Å². The first-order valence-corrected chi connectivity index (χ1v) is 11.7. The van der Waals surface area contributed by atoms with Gasteiger partial charge in [-0.25, -0.2) is 0 Å². The molecule has 0 saturated heterocycles. The molecule has 0 atom stereocenters. The van der Waals surface area contributed by atoms with Crippen molar-refractivity contribution in [1.29, 1.82) is 0 Å². The lowest BCUT2D eigenvalue weighted by Gasteiger charge is -2.08. The fourth-order valence-electron chi connectivity index (χ4n) is 2.73. The van der Waals surface area contributed by atoms with Gasteiger partial charge in [-0.2, -0.15) is 9.78 Å². The Bertz CT molecular complexity index is 1230. The molecule has 0 saturated carbocycles. The maximum absolute atomic E-state index is 6.22. The van der Waals surface area contributed by atoms with Crippen LogP contribution in [0.1, 0.15) is 16.7 Å². The number of hydrogen-bond donors (Lipinski definition) is 0. The summed E-state index contributed by atoms with van der Waals surface area (Å²) >= 11 is 19.9. The summed E-state index contributed by atoms with van der Waals surface area (Å²) in [5, 5.41) is 15.1. The highest BCUT2D eigenvalue weighted by Gasteiger charge is 2.07.